The lowest BCUT2D eigenvalue weighted by Gasteiger charge is -2.31. The Morgan fingerprint density at radius 2 is 1.78 bits per heavy atom. The fraction of sp³-hybridized carbons (Fsp3) is 0.333. The highest BCUT2D eigenvalue weighted by Crippen LogP contribution is 2.47. The Labute approximate surface area is 215 Å². The lowest BCUT2D eigenvalue weighted by molar-refractivity contribution is 0.0102. The Morgan fingerprint density at radius 3 is 2.46 bits per heavy atom. The van der Waals surface area contributed by atoms with Crippen molar-refractivity contribution in [3.05, 3.63) is 83.4 Å². The minimum absolute atomic E-state index is 0.0753. The van der Waals surface area contributed by atoms with Crippen LogP contribution in [0.25, 0.3) is 11.1 Å². The molecule has 7 heteroatoms. The molecule has 0 radical (unpaired) electrons. The predicted molar refractivity (Wildman–Crippen MR) is 139 cm³/mol. The number of hydrogen-bond donors (Lipinski definition) is 2. The van der Waals surface area contributed by atoms with E-state index in [1.54, 1.807) is 48.5 Å². The van der Waals surface area contributed by atoms with E-state index >= 15 is 0 Å². The van der Waals surface area contributed by atoms with Gasteiger partial charge in [0.1, 0.15) is 41.8 Å². The molecule has 2 heterocycles. The maximum atomic E-state index is 13.7. The Morgan fingerprint density at radius 1 is 1.03 bits per heavy atom. The quantitative estimate of drug-likeness (QED) is 0.381. The summed E-state index contributed by atoms with van der Waals surface area (Å²) in [5, 5.41) is 20.2. The summed E-state index contributed by atoms with van der Waals surface area (Å²) in [6, 6.07) is 18.3. The maximum Gasteiger partial charge on any atom is 0.257 e. The molecule has 1 unspecified atom stereocenters. The van der Waals surface area contributed by atoms with Crippen molar-refractivity contribution in [1.82, 2.24) is 4.90 Å². The zero-order valence-electron chi connectivity index (χ0n) is 20.9. The minimum Gasteiger partial charge on any atom is -0.508 e. The van der Waals surface area contributed by atoms with Gasteiger partial charge >= 0.3 is 0 Å². The molecule has 0 aliphatic carbocycles. The molecule has 0 bridgehead atoms. The van der Waals surface area contributed by atoms with E-state index in [9.17, 15) is 19.0 Å². The normalized spacial score (nSPS) is 20.6. The number of alkyl halides is 2. The third-order valence-electron chi connectivity index (χ3n) is 7.25. The molecule has 0 amide bonds. The third kappa shape index (κ3) is 5.27. The fourth-order valence-electron chi connectivity index (χ4n) is 5.25. The van der Waals surface area contributed by atoms with E-state index in [0.717, 1.165) is 34.3 Å². The van der Waals surface area contributed by atoms with Crippen LogP contribution in [0.4, 0.5) is 8.78 Å². The number of hydrogen-bond acceptors (Lipinski definition) is 5. The van der Waals surface area contributed by atoms with Crippen LogP contribution in [0.1, 0.15) is 43.1 Å². The standard InChI is InChI=1S/C30H31F2NO4/c1-18-12-13-33(16-18)26(30(31)32)17-36-24-9-6-20(7-10-24)29-28(21-4-3-5-22(34)14-21)19(2)25-15-23(35)8-11-27(25)37-29/h3-11,14-15,18,26,29-30,34-35H,12-13,16-17H2,1-2H3/t18-,26-,29?/m1/s1. The van der Waals surface area contributed by atoms with Crippen molar-refractivity contribution < 1.29 is 28.5 Å². The zero-order chi connectivity index (χ0) is 26.1. The molecule has 2 aliphatic rings. The summed E-state index contributed by atoms with van der Waals surface area (Å²) in [5.41, 5.74) is 4.22. The van der Waals surface area contributed by atoms with Gasteiger partial charge < -0.3 is 19.7 Å². The fourth-order valence-corrected chi connectivity index (χ4v) is 5.25. The average Bonchev–Trinajstić information content (AvgIpc) is 3.30. The van der Waals surface area contributed by atoms with Crippen molar-refractivity contribution >= 4 is 11.1 Å². The van der Waals surface area contributed by atoms with Gasteiger partial charge in [0.25, 0.3) is 6.43 Å². The van der Waals surface area contributed by atoms with Crippen LogP contribution in [-0.4, -0.2) is 47.3 Å². The van der Waals surface area contributed by atoms with Crippen LogP contribution in [0.3, 0.4) is 0 Å². The molecule has 1 saturated heterocycles. The first-order valence-electron chi connectivity index (χ1n) is 12.6. The average molecular weight is 508 g/mol. The molecule has 37 heavy (non-hydrogen) atoms. The summed E-state index contributed by atoms with van der Waals surface area (Å²) >= 11 is 0. The highest BCUT2D eigenvalue weighted by atomic mass is 19.3. The van der Waals surface area contributed by atoms with Crippen LogP contribution in [0, 0.1) is 5.92 Å². The largest absolute Gasteiger partial charge is 0.508 e. The molecule has 3 aromatic rings. The van der Waals surface area contributed by atoms with Gasteiger partial charge in [0.15, 0.2) is 0 Å². The van der Waals surface area contributed by atoms with Gasteiger partial charge in [-0.05, 0) is 85.0 Å². The first-order valence-corrected chi connectivity index (χ1v) is 12.6. The van der Waals surface area contributed by atoms with Gasteiger partial charge in [-0.2, -0.15) is 0 Å². The van der Waals surface area contributed by atoms with Crippen LogP contribution < -0.4 is 9.47 Å². The van der Waals surface area contributed by atoms with E-state index in [2.05, 4.69) is 6.92 Å². The van der Waals surface area contributed by atoms with E-state index in [4.69, 9.17) is 9.47 Å². The number of benzene rings is 3. The Hall–Kier alpha value is -3.58. The van der Waals surface area contributed by atoms with E-state index < -0.39 is 18.6 Å². The van der Waals surface area contributed by atoms with E-state index in [0.29, 0.717) is 30.5 Å². The number of allylic oxidation sites excluding steroid dienone is 1. The second-order valence-electron chi connectivity index (χ2n) is 9.94. The molecule has 5 nitrogen and oxygen atoms in total. The van der Waals surface area contributed by atoms with Crippen LogP contribution in [0.15, 0.2) is 66.7 Å². The second-order valence-corrected chi connectivity index (χ2v) is 9.94. The first kappa shape index (κ1) is 25.1. The van der Waals surface area contributed by atoms with Crippen LogP contribution in [0.5, 0.6) is 23.0 Å². The molecule has 194 valence electrons. The maximum absolute atomic E-state index is 13.7. The highest BCUT2D eigenvalue weighted by Gasteiger charge is 2.33. The number of likely N-dealkylation sites (tertiary alicyclic amines) is 1. The molecular formula is C30H31F2NO4. The lowest BCUT2D eigenvalue weighted by Crippen LogP contribution is -2.43. The summed E-state index contributed by atoms with van der Waals surface area (Å²) in [4.78, 5) is 1.82. The Bertz CT molecular complexity index is 1290. The smallest absolute Gasteiger partial charge is 0.257 e. The van der Waals surface area contributed by atoms with Crippen LogP contribution in [0.2, 0.25) is 0 Å². The van der Waals surface area contributed by atoms with Gasteiger partial charge in [0, 0.05) is 17.7 Å². The molecule has 3 aromatic carbocycles. The van der Waals surface area contributed by atoms with E-state index in [1.165, 1.54) is 0 Å². The first-order chi connectivity index (χ1) is 17.8. The van der Waals surface area contributed by atoms with Crippen molar-refractivity contribution in [2.45, 2.75) is 38.8 Å². The molecular weight excluding hydrogens is 476 g/mol. The number of phenols is 2. The number of nitrogens with zero attached hydrogens (tertiary/aromatic N) is 1. The van der Waals surface area contributed by atoms with E-state index in [-0.39, 0.29) is 18.1 Å². The van der Waals surface area contributed by atoms with Gasteiger partial charge in [-0.3, -0.25) is 4.90 Å². The summed E-state index contributed by atoms with van der Waals surface area (Å²) in [5.74, 6) is 1.86. The molecule has 0 saturated carbocycles. The van der Waals surface area contributed by atoms with Crippen molar-refractivity contribution in [1.29, 1.82) is 0 Å². The van der Waals surface area contributed by atoms with Gasteiger partial charge in [-0.25, -0.2) is 8.78 Å². The molecule has 0 spiro atoms. The molecule has 5 rings (SSSR count). The number of phenolic OH excluding ortho intramolecular Hbond substituents is 2. The monoisotopic (exact) mass is 507 g/mol. The van der Waals surface area contributed by atoms with E-state index in [1.807, 2.05) is 30.0 Å². The SMILES string of the molecule is CC1=C(c2cccc(O)c2)C(c2ccc(OC[C@H](C(F)F)N3CC[C@@H](C)C3)cc2)Oc2ccc(O)cc21. The number of aromatic hydroxyl groups is 2. The minimum atomic E-state index is -2.47. The van der Waals surface area contributed by atoms with Crippen molar-refractivity contribution in [3.63, 3.8) is 0 Å². The van der Waals surface area contributed by atoms with Crippen LogP contribution >= 0.6 is 0 Å². The number of ether oxygens (including phenoxy) is 2. The van der Waals surface area contributed by atoms with Crippen molar-refractivity contribution in [2.24, 2.45) is 5.92 Å². The molecule has 1 fully saturated rings. The summed E-state index contributed by atoms with van der Waals surface area (Å²) in [6.45, 7) is 5.31. The topological polar surface area (TPSA) is 62.2 Å². The summed E-state index contributed by atoms with van der Waals surface area (Å²) in [6.07, 6.45) is -2.03. The second kappa shape index (κ2) is 10.4. The summed E-state index contributed by atoms with van der Waals surface area (Å²) in [7, 11) is 0. The van der Waals surface area contributed by atoms with Gasteiger partial charge in [0.2, 0.25) is 0 Å². The number of halogens is 2. The number of rotatable bonds is 7. The number of fused-ring (bicyclic) bond motifs is 1. The molecule has 3 atom stereocenters. The molecule has 2 N–H and O–H groups in total. The molecule has 0 aromatic heterocycles. The lowest BCUT2D eigenvalue weighted by atomic mass is 9.86. The van der Waals surface area contributed by atoms with Gasteiger partial charge in [-0.15, -0.1) is 0 Å². The van der Waals surface area contributed by atoms with Crippen LogP contribution in [-0.2, 0) is 0 Å². The van der Waals surface area contributed by atoms with Crippen molar-refractivity contribution in [3.8, 4) is 23.0 Å². The Kier molecular flexibility index (Phi) is 7.07. The van der Waals surface area contributed by atoms with Gasteiger partial charge in [-0.1, -0.05) is 31.2 Å². The van der Waals surface area contributed by atoms with Gasteiger partial charge in [0.05, 0.1) is 0 Å². The summed E-state index contributed by atoms with van der Waals surface area (Å²) < 4.78 is 39.7. The zero-order valence-corrected chi connectivity index (χ0v) is 20.9. The third-order valence-corrected chi connectivity index (χ3v) is 7.25. The predicted octanol–water partition coefficient (Wildman–Crippen LogP) is 6.52. The van der Waals surface area contributed by atoms with Crippen molar-refractivity contribution in [2.75, 3.05) is 19.7 Å². The highest BCUT2D eigenvalue weighted by molar-refractivity contribution is 5.95. The molecule has 2 aliphatic heterocycles. The Balaban J connectivity index is 1.41.